The van der Waals surface area contributed by atoms with E-state index in [0.29, 0.717) is 25.7 Å². The second-order valence-electron chi connectivity index (χ2n) is 5.77. The molecule has 0 aliphatic rings. The van der Waals surface area contributed by atoms with E-state index in [9.17, 15) is 19.2 Å². The van der Waals surface area contributed by atoms with E-state index in [-0.39, 0.29) is 51.6 Å². The van der Waals surface area contributed by atoms with Gasteiger partial charge in [0.15, 0.2) is 0 Å². The van der Waals surface area contributed by atoms with E-state index in [0.717, 1.165) is 19.3 Å². The number of hydrogen-bond acceptors (Lipinski definition) is 10. The van der Waals surface area contributed by atoms with Gasteiger partial charge >= 0.3 is 24.2 Å². The molecule has 10 heteroatoms. The Morgan fingerprint density at radius 2 is 0.828 bits per heavy atom. The summed E-state index contributed by atoms with van der Waals surface area (Å²) in [4.78, 5) is 44.8. The highest BCUT2D eigenvalue weighted by molar-refractivity contribution is 5.69. The summed E-state index contributed by atoms with van der Waals surface area (Å²) in [6.07, 6.45) is 2.98. The van der Waals surface area contributed by atoms with E-state index in [1.54, 1.807) is 13.8 Å². The molecule has 0 saturated heterocycles. The van der Waals surface area contributed by atoms with Crippen molar-refractivity contribution in [3.05, 3.63) is 0 Å². The Morgan fingerprint density at radius 1 is 0.483 bits per heavy atom. The van der Waals surface area contributed by atoms with Gasteiger partial charge in [0.25, 0.3) is 0 Å². The number of esters is 2. The quantitative estimate of drug-likeness (QED) is 0.209. The third kappa shape index (κ3) is 18.6. The fraction of sp³-hybridized carbons (Fsp3) is 0.789. The maximum Gasteiger partial charge on any atom is 0.508 e. The lowest BCUT2D eigenvalue weighted by Gasteiger charge is -2.07. The summed E-state index contributed by atoms with van der Waals surface area (Å²) >= 11 is 0. The molecule has 0 aliphatic heterocycles. The van der Waals surface area contributed by atoms with Gasteiger partial charge in [-0.05, 0) is 26.7 Å². The standard InChI is InChI=1S/C19H32O10/c1-3-24-18(22)28-14-12-26-16(20)10-8-6-5-7-9-11-17(21)27-13-15-29-19(23)25-4-2/h3-15H2,1-2H3. The highest BCUT2D eigenvalue weighted by Crippen LogP contribution is 2.08. The molecule has 0 N–H and O–H groups in total. The van der Waals surface area contributed by atoms with Crippen LogP contribution in [0, 0.1) is 0 Å². The summed E-state index contributed by atoms with van der Waals surface area (Å²) in [6, 6.07) is 0. The lowest BCUT2D eigenvalue weighted by molar-refractivity contribution is -0.145. The second-order valence-corrected chi connectivity index (χ2v) is 5.77. The van der Waals surface area contributed by atoms with E-state index in [2.05, 4.69) is 18.9 Å². The number of carbonyl (C=O) groups is 4. The van der Waals surface area contributed by atoms with Crippen LogP contribution >= 0.6 is 0 Å². The zero-order valence-electron chi connectivity index (χ0n) is 17.3. The van der Waals surface area contributed by atoms with Crippen molar-refractivity contribution in [2.45, 2.75) is 58.8 Å². The van der Waals surface area contributed by atoms with Crippen LogP contribution in [0.25, 0.3) is 0 Å². The van der Waals surface area contributed by atoms with Crippen LogP contribution in [0.2, 0.25) is 0 Å². The van der Waals surface area contributed by atoms with Gasteiger partial charge in [-0.1, -0.05) is 19.3 Å². The van der Waals surface area contributed by atoms with E-state index >= 15 is 0 Å². The third-order valence-electron chi connectivity index (χ3n) is 3.42. The average Bonchev–Trinajstić information content (AvgIpc) is 2.68. The summed E-state index contributed by atoms with van der Waals surface area (Å²) in [6.45, 7) is 3.73. The predicted molar refractivity (Wildman–Crippen MR) is 100 cm³/mol. The normalized spacial score (nSPS) is 10.0. The summed E-state index contributed by atoms with van der Waals surface area (Å²) in [5.74, 6) is -0.683. The van der Waals surface area contributed by atoms with Gasteiger partial charge in [-0.15, -0.1) is 0 Å². The molecule has 0 fully saturated rings. The average molecular weight is 420 g/mol. The molecular weight excluding hydrogens is 388 g/mol. The van der Waals surface area contributed by atoms with Gasteiger partial charge in [0.05, 0.1) is 13.2 Å². The minimum atomic E-state index is -0.780. The molecule has 0 heterocycles. The highest BCUT2D eigenvalue weighted by atomic mass is 16.7. The van der Waals surface area contributed by atoms with Gasteiger partial charge in [0.2, 0.25) is 0 Å². The molecule has 0 radical (unpaired) electrons. The number of carbonyl (C=O) groups excluding carboxylic acids is 4. The van der Waals surface area contributed by atoms with E-state index < -0.39 is 12.3 Å². The van der Waals surface area contributed by atoms with Gasteiger partial charge in [-0.2, -0.15) is 0 Å². The SMILES string of the molecule is CCOC(=O)OCCOC(=O)CCCCCCCC(=O)OCCOC(=O)OCC. The molecule has 168 valence electrons. The van der Waals surface area contributed by atoms with E-state index in [1.807, 2.05) is 0 Å². The van der Waals surface area contributed by atoms with Gasteiger partial charge in [0, 0.05) is 12.8 Å². The zero-order chi connectivity index (χ0) is 21.7. The van der Waals surface area contributed by atoms with Crippen LogP contribution in [-0.4, -0.2) is 63.9 Å². The molecule has 0 saturated carbocycles. The lowest BCUT2D eigenvalue weighted by atomic mass is 10.1. The molecule has 0 aromatic carbocycles. The minimum absolute atomic E-state index is 0.00455. The summed E-state index contributed by atoms with van der Waals surface area (Å²) in [5, 5.41) is 0. The predicted octanol–water partition coefficient (Wildman–Crippen LogP) is 3.15. The second kappa shape index (κ2) is 18.8. The van der Waals surface area contributed by atoms with Gasteiger partial charge in [-0.3, -0.25) is 9.59 Å². The molecule has 0 unspecified atom stereocenters. The van der Waals surface area contributed by atoms with Crippen LogP contribution in [0.5, 0.6) is 0 Å². The molecular formula is C19H32O10. The fourth-order valence-electron chi connectivity index (χ4n) is 2.09. The number of rotatable bonds is 16. The first-order chi connectivity index (χ1) is 14.0. The van der Waals surface area contributed by atoms with Crippen molar-refractivity contribution in [1.29, 1.82) is 0 Å². The molecule has 29 heavy (non-hydrogen) atoms. The maximum atomic E-state index is 11.5. The van der Waals surface area contributed by atoms with Crippen molar-refractivity contribution in [2.75, 3.05) is 39.6 Å². The molecule has 0 aromatic rings. The first kappa shape index (κ1) is 26.5. The summed E-state index contributed by atoms with van der Waals surface area (Å²) in [7, 11) is 0. The van der Waals surface area contributed by atoms with Crippen LogP contribution in [0.1, 0.15) is 58.8 Å². The van der Waals surface area contributed by atoms with Crippen molar-refractivity contribution < 1.29 is 47.6 Å². The maximum absolute atomic E-state index is 11.5. The van der Waals surface area contributed by atoms with Crippen LogP contribution in [0.4, 0.5) is 9.59 Å². The minimum Gasteiger partial charge on any atom is -0.462 e. The number of unbranched alkanes of at least 4 members (excludes halogenated alkanes) is 4. The molecule has 0 amide bonds. The molecule has 0 bridgehead atoms. The Hall–Kier alpha value is -2.52. The highest BCUT2D eigenvalue weighted by Gasteiger charge is 2.07. The van der Waals surface area contributed by atoms with Crippen LogP contribution in [0.15, 0.2) is 0 Å². The molecule has 0 spiro atoms. The van der Waals surface area contributed by atoms with Crippen LogP contribution in [-0.2, 0) is 38.0 Å². The fourth-order valence-corrected chi connectivity index (χ4v) is 2.09. The van der Waals surface area contributed by atoms with Crippen LogP contribution < -0.4 is 0 Å². The molecule has 0 rings (SSSR count). The van der Waals surface area contributed by atoms with Gasteiger partial charge in [0.1, 0.15) is 26.4 Å². The van der Waals surface area contributed by atoms with E-state index in [1.165, 1.54) is 0 Å². The molecule has 0 aliphatic carbocycles. The third-order valence-corrected chi connectivity index (χ3v) is 3.42. The first-order valence-electron chi connectivity index (χ1n) is 9.89. The molecule has 0 atom stereocenters. The Morgan fingerprint density at radius 3 is 1.21 bits per heavy atom. The van der Waals surface area contributed by atoms with Gasteiger partial charge in [-0.25, -0.2) is 9.59 Å². The van der Waals surface area contributed by atoms with Crippen LogP contribution in [0.3, 0.4) is 0 Å². The molecule has 10 nitrogen and oxygen atoms in total. The smallest absolute Gasteiger partial charge is 0.462 e. The Bertz CT molecular complexity index is 436. The number of ether oxygens (including phenoxy) is 6. The lowest BCUT2D eigenvalue weighted by Crippen LogP contribution is -2.14. The summed E-state index contributed by atoms with van der Waals surface area (Å²) in [5.41, 5.74) is 0. The van der Waals surface area contributed by atoms with E-state index in [4.69, 9.17) is 9.47 Å². The summed E-state index contributed by atoms with van der Waals surface area (Å²) < 4.78 is 28.3. The largest absolute Gasteiger partial charge is 0.508 e. The topological polar surface area (TPSA) is 124 Å². The Balaban J connectivity index is 3.40. The van der Waals surface area contributed by atoms with Crippen molar-refractivity contribution in [3.8, 4) is 0 Å². The Labute approximate surface area is 171 Å². The molecule has 0 aromatic heterocycles. The van der Waals surface area contributed by atoms with Gasteiger partial charge < -0.3 is 28.4 Å². The monoisotopic (exact) mass is 420 g/mol. The van der Waals surface area contributed by atoms with Crippen molar-refractivity contribution in [2.24, 2.45) is 0 Å². The van der Waals surface area contributed by atoms with Crippen molar-refractivity contribution in [1.82, 2.24) is 0 Å². The number of hydrogen-bond donors (Lipinski definition) is 0. The van der Waals surface area contributed by atoms with Crippen molar-refractivity contribution >= 4 is 24.2 Å². The Kier molecular flexibility index (Phi) is 17.2. The zero-order valence-corrected chi connectivity index (χ0v) is 17.3. The first-order valence-corrected chi connectivity index (χ1v) is 9.89. The van der Waals surface area contributed by atoms with Crippen molar-refractivity contribution in [3.63, 3.8) is 0 Å².